The van der Waals surface area contributed by atoms with Crippen LogP contribution in [-0.2, 0) is 19.5 Å². The largest absolute Gasteiger partial charge is 0.353 e. The molecule has 1 aromatic carbocycles. The average Bonchev–Trinajstić information content (AvgIpc) is 2.85. The van der Waals surface area contributed by atoms with E-state index in [-0.39, 0.29) is 23.3 Å². The number of amides is 1. The summed E-state index contributed by atoms with van der Waals surface area (Å²) in [5.74, 6) is -0.189. The van der Waals surface area contributed by atoms with Crippen molar-refractivity contribution in [3.63, 3.8) is 0 Å². The maximum absolute atomic E-state index is 12.7. The first-order valence-electron chi connectivity index (χ1n) is 6.89. The molecule has 3 atom stereocenters. The minimum absolute atomic E-state index is 0.0660. The highest BCUT2D eigenvalue weighted by Gasteiger charge is 2.56. The fourth-order valence-corrected chi connectivity index (χ4v) is 4.51. The molecule has 0 aromatic heterocycles. The van der Waals surface area contributed by atoms with Gasteiger partial charge in [0.15, 0.2) is 5.44 Å². The lowest BCUT2D eigenvalue weighted by Crippen LogP contribution is -2.63. The van der Waals surface area contributed by atoms with Gasteiger partial charge in [0.25, 0.3) is 0 Å². The van der Waals surface area contributed by atoms with Crippen LogP contribution in [0.3, 0.4) is 0 Å². The number of hydrogen-bond donors (Lipinski definition) is 1. The van der Waals surface area contributed by atoms with E-state index in [4.69, 9.17) is 4.84 Å². The summed E-state index contributed by atoms with van der Waals surface area (Å²) in [6, 6.07) is 8.13. The molecule has 2 aliphatic heterocycles. The second kappa shape index (κ2) is 4.79. The summed E-state index contributed by atoms with van der Waals surface area (Å²) in [5.41, 5.74) is -1.97. The van der Waals surface area contributed by atoms with Crippen LogP contribution in [0.15, 0.2) is 35.2 Å². The van der Waals surface area contributed by atoms with Crippen LogP contribution in [0.2, 0.25) is 0 Å². The molecule has 2 heterocycles. The fourth-order valence-electron chi connectivity index (χ4n) is 2.92. The zero-order chi connectivity index (χ0) is 15.3. The number of carbonyl (C=O) groups excluding carboxylic acids is 1. The molecule has 2 saturated heterocycles. The van der Waals surface area contributed by atoms with E-state index in [1.54, 1.807) is 37.3 Å². The van der Waals surface area contributed by atoms with Gasteiger partial charge in [-0.3, -0.25) is 9.63 Å². The van der Waals surface area contributed by atoms with Crippen LogP contribution in [0.25, 0.3) is 0 Å². The number of sulfone groups is 1. The Morgan fingerprint density at radius 3 is 2.62 bits per heavy atom. The van der Waals surface area contributed by atoms with Gasteiger partial charge < -0.3 is 5.32 Å². The van der Waals surface area contributed by atoms with Crippen molar-refractivity contribution in [2.24, 2.45) is 0 Å². The fraction of sp³-hybridized carbons (Fsp3) is 0.500. The third-order valence-electron chi connectivity index (χ3n) is 4.15. The Hall–Kier alpha value is -1.44. The molecule has 0 saturated carbocycles. The molecular formula is C14H18N2O4S. The number of nitrogens with one attached hydrogen (secondary N) is 1. The van der Waals surface area contributed by atoms with Crippen molar-refractivity contribution in [2.75, 3.05) is 6.54 Å². The number of hydrogen-bond acceptors (Lipinski definition) is 5. The second-order valence-corrected chi connectivity index (χ2v) is 7.84. The van der Waals surface area contributed by atoms with E-state index < -0.39 is 20.8 Å². The predicted molar refractivity (Wildman–Crippen MR) is 75.8 cm³/mol. The molecule has 0 bridgehead atoms. The van der Waals surface area contributed by atoms with Crippen molar-refractivity contribution in [3.8, 4) is 0 Å². The summed E-state index contributed by atoms with van der Waals surface area (Å²) >= 11 is 0. The van der Waals surface area contributed by atoms with Gasteiger partial charge in [-0.05, 0) is 26.0 Å². The van der Waals surface area contributed by atoms with Crippen molar-refractivity contribution < 1.29 is 18.0 Å². The monoisotopic (exact) mass is 310 g/mol. The molecule has 0 unspecified atom stereocenters. The lowest BCUT2D eigenvalue weighted by molar-refractivity contribution is -0.205. The molecule has 2 aliphatic rings. The van der Waals surface area contributed by atoms with Crippen molar-refractivity contribution in [2.45, 2.75) is 42.2 Å². The van der Waals surface area contributed by atoms with Gasteiger partial charge in [-0.25, -0.2) is 8.42 Å². The summed E-state index contributed by atoms with van der Waals surface area (Å²) in [7, 11) is -3.63. The smallest absolute Gasteiger partial charge is 0.242 e. The van der Waals surface area contributed by atoms with Crippen LogP contribution in [0.5, 0.6) is 0 Å². The molecule has 2 fully saturated rings. The van der Waals surface area contributed by atoms with E-state index in [0.29, 0.717) is 6.54 Å². The number of fused-ring (bicyclic) bond motifs is 1. The Morgan fingerprint density at radius 2 is 2.00 bits per heavy atom. The highest BCUT2D eigenvalue weighted by molar-refractivity contribution is 7.92. The standard InChI is InChI=1S/C14H18N2O4S/c1-10-9-15-13(17)14(2)8-12(20-16(10)14)21(18,19)11-6-4-3-5-7-11/h3-7,10,12H,8-9H2,1-2H3,(H,15,17)/t10-,12-,14-/m0/s1. The molecule has 1 aromatic rings. The summed E-state index contributed by atoms with van der Waals surface area (Å²) in [4.78, 5) is 18.0. The van der Waals surface area contributed by atoms with Crippen molar-refractivity contribution in [1.82, 2.24) is 10.4 Å². The highest BCUT2D eigenvalue weighted by Crippen LogP contribution is 2.39. The maximum atomic E-state index is 12.7. The van der Waals surface area contributed by atoms with Gasteiger partial charge in [-0.1, -0.05) is 18.2 Å². The third kappa shape index (κ3) is 2.16. The molecule has 0 aliphatic carbocycles. The predicted octanol–water partition coefficient (Wildman–Crippen LogP) is 0.701. The summed E-state index contributed by atoms with van der Waals surface area (Å²) in [6.45, 7) is 4.07. The van der Waals surface area contributed by atoms with E-state index in [9.17, 15) is 13.2 Å². The average molecular weight is 310 g/mol. The van der Waals surface area contributed by atoms with E-state index >= 15 is 0 Å². The second-order valence-electron chi connectivity index (χ2n) is 5.76. The van der Waals surface area contributed by atoms with E-state index in [1.807, 2.05) is 6.92 Å². The van der Waals surface area contributed by atoms with Gasteiger partial charge in [0.05, 0.1) is 10.9 Å². The molecule has 3 rings (SSSR count). The highest BCUT2D eigenvalue weighted by atomic mass is 32.2. The number of hydroxylamine groups is 2. The molecule has 1 amide bonds. The molecule has 7 heteroatoms. The first-order valence-corrected chi connectivity index (χ1v) is 8.44. The van der Waals surface area contributed by atoms with Crippen LogP contribution in [0, 0.1) is 0 Å². The normalized spacial score (nSPS) is 33.5. The van der Waals surface area contributed by atoms with Gasteiger partial charge >= 0.3 is 0 Å². The van der Waals surface area contributed by atoms with Crippen molar-refractivity contribution in [3.05, 3.63) is 30.3 Å². The van der Waals surface area contributed by atoms with E-state index in [1.165, 1.54) is 5.06 Å². The first-order chi connectivity index (χ1) is 9.85. The quantitative estimate of drug-likeness (QED) is 0.870. The molecule has 6 nitrogen and oxygen atoms in total. The van der Waals surface area contributed by atoms with E-state index in [0.717, 1.165) is 0 Å². The zero-order valence-electron chi connectivity index (χ0n) is 11.9. The minimum Gasteiger partial charge on any atom is -0.353 e. The first kappa shape index (κ1) is 14.5. The molecule has 21 heavy (non-hydrogen) atoms. The van der Waals surface area contributed by atoms with Crippen LogP contribution in [-0.4, -0.2) is 42.9 Å². The van der Waals surface area contributed by atoms with Gasteiger partial charge in [0.1, 0.15) is 5.54 Å². The van der Waals surface area contributed by atoms with Crippen LogP contribution in [0.4, 0.5) is 0 Å². The molecule has 0 spiro atoms. The van der Waals surface area contributed by atoms with Gasteiger partial charge in [-0.15, -0.1) is 0 Å². The number of rotatable bonds is 2. The third-order valence-corrected chi connectivity index (χ3v) is 6.02. The lowest BCUT2D eigenvalue weighted by atomic mass is 9.94. The lowest BCUT2D eigenvalue weighted by Gasteiger charge is -2.40. The van der Waals surface area contributed by atoms with Crippen LogP contribution < -0.4 is 5.32 Å². The number of nitrogens with zero attached hydrogens (tertiary/aromatic N) is 1. The Balaban J connectivity index is 1.95. The van der Waals surface area contributed by atoms with Crippen LogP contribution >= 0.6 is 0 Å². The molecular weight excluding hydrogens is 292 g/mol. The minimum atomic E-state index is -3.63. The Labute approximate surface area is 124 Å². The Bertz CT molecular complexity index is 661. The van der Waals surface area contributed by atoms with Crippen molar-refractivity contribution in [1.29, 1.82) is 0 Å². The van der Waals surface area contributed by atoms with Gasteiger partial charge in [0.2, 0.25) is 15.7 Å². The van der Waals surface area contributed by atoms with Crippen LogP contribution in [0.1, 0.15) is 20.3 Å². The Kier molecular flexibility index (Phi) is 3.31. The molecule has 114 valence electrons. The zero-order valence-corrected chi connectivity index (χ0v) is 12.8. The van der Waals surface area contributed by atoms with E-state index in [2.05, 4.69) is 5.32 Å². The van der Waals surface area contributed by atoms with Gasteiger partial charge in [0, 0.05) is 13.0 Å². The maximum Gasteiger partial charge on any atom is 0.242 e. The number of benzene rings is 1. The summed E-state index contributed by atoms with van der Waals surface area (Å²) in [5, 5.41) is 4.34. The number of piperazine rings is 1. The SMILES string of the molecule is C[C@H]1CNC(=O)[C@]2(C)C[C@H](S(=O)(=O)c3ccccc3)ON12. The Morgan fingerprint density at radius 1 is 1.33 bits per heavy atom. The number of carbonyl (C=O) groups is 1. The molecule has 1 N–H and O–H groups in total. The topological polar surface area (TPSA) is 75.7 Å². The summed E-state index contributed by atoms with van der Waals surface area (Å²) < 4.78 is 25.3. The van der Waals surface area contributed by atoms with Gasteiger partial charge in [-0.2, -0.15) is 5.06 Å². The van der Waals surface area contributed by atoms with Crippen molar-refractivity contribution >= 4 is 15.7 Å². The summed E-state index contributed by atoms with van der Waals surface area (Å²) in [6.07, 6.45) is 0.125. The molecule has 0 radical (unpaired) electrons.